The average Bonchev–Trinajstić information content (AvgIpc) is 3.57. The Morgan fingerprint density at radius 1 is 1.10 bits per heavy atom. The molecule has 10 heteroatoms. The smallest absolute Gasteiger partial charge is 0.143 e. The molecule has 3 aromatic rings. The number of benzene rings is 2. The van der Waals surface area contributed by atoms with Gasteiger partial charge in [-0.3, -0.25) is 9.99 Å². The van der Waals surface area contributed by atoms with Gasteiger partial charge in [0.1, 0.15) is 23.5 Å². The number of halogens is 1. The summed E-state index contributed by atoms with van der Waals surface area (Å²) < 4.78 is 13.8. The monoisotopic (exact) mass is 521 g/mol. The summed E-state index contributed by atoms with van der Waals surface area (Å²) in [5, 5.41) is 38.7. The van der Waals surface area contributed by atoms with E-state index >= 15 is 0 Å². The molecule has 1 atom stereocenters. The topological polar surface area (TPSA) is 136 Å². The minimum absolute atomic E-state index is 0.0498. The van der Waals surface area contributed by atoms with E-state index in [4.69, 9.17) is 0 Å². The van der Waals surface area contributed by atoms with Crippen molar-refractivity contribution in [3.63, 3.8) is 0 Å². The first-order valence-corrected chi connectivity index (χ1v) is 12.6. The molecular weight excluding hydrogens is 493 g/mol. The van der Waals surface area contributed by atoms with Crippen molar-refractivity contribution in [3.8, 4) is 18.2 Å². The van der Waals surface area contributed by atoms with Crippen LogP contribution in [0.3, 0.4) is 0 Å². The van der Waals surface area contributed by atoms with Gasteiger partial charge >= 0.3 is 0 Å². The molecule has 0 amide bonds. The molecule has 0 bridgehead atoms. The van der Waals surface area contributed by atoms with Crippen LogP contribution in [0.25, 0.3) is 10.9 Å². The summed E-state index contributed by atoms with van der Waals surface area (Å²) in [6.45, 7) is 6.88. The zero-order valence-corrected chi connectivity index (χ0v) is 21.9. The SMILES string of the molecule is CC(C)(C)CNc1c(C#N)cnc2c(C#N)cc(N[C@H](C3=CN(C4(C#N)CC4)NN3)c3ccc(F)cc3)cc12. The third kappa shape index (κ3) is 5.13. The van der Waals surface area contributed by atoms with Crippen molar-refractivity contribution in [2.24, 2.45) is 5.41 Å². The number of nitriles is 3. The maximum absolute atomic E-state index is 13.8. The Hall–Kier alpha value is -4.85. The highest BCUT2D eigenvalue weighted by molar-refractivity contribution is 5.99. The molecule has 9 nitrogen and oxygen atoms in total. The lowest BCUT2D eigenvalue weighted by molar-refractivity contribution is 0.217. The number of pyridine rings is 1. The van der Waals surface area contributed by atoms with E-state index in [0.717, 1.165) is 24.1 Å². The zero-order valence-electron chi connectivity index (χ0n) is 21.9. The Bertz CT molecular complexity index is 1580. The van der Waals surface area contributed by atoms with Gasteiger partial charge in [-0.15, -0.1) is 5.53 Å². The highest BCUT2D eigenvalue weighted by Crippen LogP contribution is 2.42. The minimum Gasteiger partial charge on any atom is -0.383 e. The van der Waals surface area contributed by atoms with Gasteiger partial charge in [0, 0.05) is 30.0 Å². The maximum atomic E-state index is 13.8. The van der Waals surface area contributed by atoms with Crippen molar-refractivity contribution < 1.29 is 4.39 Å². The first-order valence-electron chi connectivity index (χ1n) is 12.6. The fraction of sp³-hybridized carbons (Fsp3) is 0.310. The number of aromatic nitrogens is 1. The van der Waals surface area contributed by atoms with Crippen LogP contribution in [0.15, 0.2) is 54.5 Å². The van der Waals surface area contributed by atoms with Gasteiger partial charge in [-0.25, -0.2) is 4.39 Å². The Balaban J connectivity index is 1.59. The standard InChI is InChI=1S/C29H28FN9/c1-28(2,3)17-35-26-20(13-32)14-34-25-19(12-31)10-22(11-23(25)26)36-27(18-4-6-21(30)7-5-18)24-15-39(38-37-24)29(16-33)8-9-29/h4-7,10-11,14-15,27,36-38H,8-9,17H2,1-3H3,(H,34,35)/t27-/m0/s1. The van der Waals surface area contributed by atoms with Crippen LogP contribution in [0.4, 0.5) is 15.8 Å². The van der Waals surface area contributed by atoms with Gasteiger partial charge in [0.15, 0.2) is 0 Å². The third-order valence-corrected chi connectivity index (χ3v) is 6.81. The molecule has 1 aliphatic carbocycles. The Kier molecular flexibility index (Phi) is 6.48. The van der Waals surface area contributed by atoms with Crippen molar-refractivity contribution in [2.45, 2.75) is 45.2 Å². The van der Waals surface area contributed by atoms with Crippen LogP contribution in [0.1, 0.15) is 56.3 Å². The fourth-order valence-electron chi connectivity index (χ4n) is 4.49. The van der Waals surface area contributed by atoms with Crippen LogP contribution in [-0.4, -0.2) is 22.1 Å². The molecule has 39 heavy (non-hydrogen) atoms. The number of rotatable bonds is 7. The second-order valence-electron chi connectivity index (χ2n) is 11.1. The lowest BCUT2D eigenvalue weighted by Gasteiger charge is -2.23. The van der Waals surface area contributed by atoms with E-state index in [-0.39, 0.29) is 11.2 Å². The van der Waals surface area contributed by atoms with E-state index in [1.165, 1.54) is 18.3 Å². The first-order chi connectivity index (χ1) is 18.7. The lowest BCUT2D eigenvalue weighted by atomic mass is 9.96. The first kappa shape index (κ1) is 25.8. The van der Waals surface area contributed by atoms with Crippen molar-refractivity contribution in [1.82, 2.24) is 21.0 Å². The number of nitrogens with one attached hydrogen (secondary N) is 4. The zero-order chi connectivity index (χ0) is 27.8. The molecule has 5 rings (SSSR count). The number of nitrogens with zero attached hydrogens (tertiary/aromatic N) is 5. The average molecular weight is 522 g/mol. The van der Waals surface area contributed by atoms with Crippen LogP contribution >= 0.6 is 0 Å². The molecule has 0 radical (unpaired) electrons. The third-order valence-electron chi connectivity index (χ3n) is 6.81. The van der Waals surface area contributed by atoms with Gasteiger partial charge in [0.2, 0.25) is 0 Å². The normalized spacial score (nSPS) is 16.3. The predicted molar refractivity (Wildman–Crippen MR) is 146 cm³/mol. The molecule has 0 saturated heterocycles. The second kappa shape index (κ2) is 9.79. The highest BCUT2D eigenvalue weighted by atomic mass is 19.1. The van der Waals surface area contributed by atoms with E-state index in [2.05, 4.69) is 65.6 Å². The van der Waals surface area contributed by atoms with Gasteiger partial charge in [-0.1, -0.05) is 32.9 Å². The van der Waals surface area contributed by atoms with Crippen LogP contribution in [0.5, 0.6) is 0 Å². The van der Waals surface area contributed by atoms with Gasteiger partial charge < -0.3 is 16.1 Å². The molecule has 2 aromatic carbocycles. The summed E-state index contributed by atoms with van der Waals surface area (Å²) in [4.78, 5) is 4.42. The lowest BCUT2D eigenvalue weighted by Crippen LogP contribution is -2.44. The van der Waals surface area contributed by atoms with E-state index in [1.807, 2.05) is 12.3 Å². The Morgan fingerprint density at radius 3 is 2.44 bits per heavy atom. The fourth-order valence-corrected chi connectivity index (χ4v) is 4.49. The maximum Gasteiger partial charge on any atom is 0.143 e. The molecular formula is C29H28FN9. The second-order valence-corrected chi connectivity index (χ2v) is 11.1. The number of hydrogen-bond acceptors (Lipinski definition) is 9. The van der Waals surface area contributed by atoms with Crippen molar-refractivity contribution in [3.05, 3.63) is 77.0 Å². The predicted octanol–water partition coefficient (Wildman–Crippen LogP) is 4.95. The molecule has 1 fully saturated rings. The molecule has 1 aliphatic heterocycles. The van der Waals surface area contributed by atoms with E-state index in [1.54, 1.807) is 23.2 Å². The van der Waals surface area contributed by atoms with E-state index in [9.17, 15) is 20.2 Å². The molecule has 2 aliphatic rings. The van der Waals surface area contributed by atoms with Crippen LogP contribution in [0.2, 0.25) is 0 Å². The molecule has 196 valence electrons. The van der Waals surface area contributed by atoms with Crippen LogP contribution in [-0.2, 0) is 0 Å². The molecule has 4 N–H and O–H groups in total. The number of hydrogen-bond donors (Lipinski definition) is 4. The van der Waals surface area contributed by atoms with Crippen molar-refractivity contribution >= 4 is 22.3 Å². The summed E-state index contributed by atoms with van der Waals surface area (Å²) in [6.07, 6.45) is 4.84. The number of anilines is 2. The molecule has 2 heterocycles. The Labute approximate surface area is 226 Å². The van der Waals surface area contributed by atoms with Crippen LogP contribution in [0, 0.1) is 45.2 Å². The molecule has 1 aromatic heterocycles. The van der Waals surface area contributed by atoms with Gasteiger partial charge in [0.05, 0.1) is 40.1 Å². The number of hydrazine groups is 2. The van der Waals surface area contributed by atoms with Crippen molar-refractivity contribution in [2.75, 3.05) is 17.2 Å². The number of fused-ring (bicyclic) bond motifs is 1. The molecule has 1 saturated carbocycles. The molecule has 0 unspecified atom stereocenters. The summed E-state index contributed by atoms with van der Waals surface area (Å²) in [7, 11) is 0. The molecule has 0 spiro atoms. The summed E-state index contributed by atoms with van der Waals surface area (Å²) in [6, 6.07) is 16.1. The summed E-state index contributed by atoms with van der Waals surface area (Å²) >= 11 is 0. The minimum atomic E-state index is -0.591. The van der Waals surface area contributed by atoms with Gasteiger partial charge in [-0.2, -0.15) is 15.8 Å². The van der Waals surface area contributed by atoms with Crippen LogP contribution < -0.4 is 21.6 Å². The largest absolute Gasteiger partial charge is 0.383 e. The van der Waals surface area contributed by atoms with E-state index in [0.29, 0.717) is 39.9 Å². The van der Waals surface area contributed by atoms with Gasteiger partial charge in [0.25, 0.3) is 0 Å². The summed E-state index contributed by atoms with van der Waals surface area (Å²) in [5.41, 5.74) is 9.52. The summed E-state index contributed by atoms with van der Waals surface area (Å²) in [5.74, 6) is -0.353. The Morgan fingerprint density at radius 2 is 1.82 bits per heavy atom. The van der Waals surface area contributed by atoms with Gasteiger partial charge in [-0.05, 0) is 48.1 Å². The van der Waals surface area contributed by atoms with Crippen molar-refractivity contribution in [1.29, 1.82) is 15.8 Å². The highest BCUT2D eigenvalue weighted by Gasteiger charge is 2.50. The van der Waals surface area contributed by atoms with E-state index < -0.39 is 11.6 Å². The quantitative estimate of drug-likeness (QED) is 0.340.